The lowest BCUT2D eigenvalue weighted by Crippen LogP contribution is -2.38. The summed E-state index contributed by atoms with van der Waals surface area (Å²) in [6.45, 7) is 5.03. The summed E-state index contributed by atoms with van der Waals surface area (Å²) in [5.41, 5.74) is 2.27. The number of ketones is 1. The van der Waals surface area contributed by atoms with Crippen molar-refractivity contribution in [2.75, 3.05) is 43.5 Å². The minimum absolute atomic E-state index is 0.0915. The molecule has 2 amide bonds. The summed E-state index contributed by atoms with van der Waals surface area (Å²) in [4.78, 5) is 27.3. The van der Waals surface area contributed by atoms with Gasteiger partial charge in [-0.25, -0.2) is 4.79 Å². The molecular formula is C23H25N5O3. The molecule has 1 aliphatic heterocycles. The van der Waals surface area contributed by atoms with Crippen molar-refractivity contribution in [2.45, 2.75) is 6.54 Å². The van der Waals surface area contributed by atoms with Crippen LogP contribution in [-0.2, 0) is 11.3 Å². The molecule has 1 saturated heterocycles. The molecule has 2 N–H and O–H groups in total. The van der Waals surface area contributed by atoms with E-state index >= 15 is 0 Å². The van der Waals surface area contributed by atoms with Crippen LogP contribution >= 0.6 is 0 Å². The quantitative estimate of drug-likeness (QED) is 0.575. The number of anilines is 2. The third-order valence-corrected chi connectivity index (χ3v) is 5.06. The predicted octanol–water partition coefficient (Wildman–Crippen LogP) is 3.09. The molecule has 0 radical (unpaired) electrons. The van der Waals surface area contributed by atoms with Crippen LogP contribution in [0.3, 0.4) is 0 Å². The number of rotatable bonds is 7. The van der Waals surface area contributed by atoms with E-state index in [1.54, 1.807) is 48.8 Å². The van der Waals surface area contributed by atoms with Crippen molar-refractivity contribution in [1.82, 2.24) is 14.7 Å². The first kappa shape index (κ1) is 20.8. The standard InChI is InChI=1S/C23H25N5O3/c29-22(18-5-2-1-3-6-18)19-7-4-8-20(15-19)25-23(30)26-21-16-24-28(17-21)10-9-27-11-13-31-14-12-27/h1-8,15-17H,9-14H2,(H2,25,26,30). The first-order valence-corrected chi connectivity index (χ1v) is 10.3. The van der Waals surface area contributed by atoms with Gasteiger partial charge in [0.1, 0.15) is 0 Å². The summed E-state index contributed by atoms with van der Waals surface area (Å²) < 4.78 is 7.16. The SMILES string of the molecule is O=C(Nc1cccc(C(=O)c2ccccc2)c1)Nc1cnn(CCN2CCOCC2)c1. The van der Waals surface area contributed by atoms with Gasteiger partial charge in [-0.05, 0) is 12.1 Å². The number of hydrogen-bond acceptors (Lipinski definition) is 5. The summed E-state index contributed by atoms with van der Waals surface area (Å²) >= 11 is 0. The Morgan fingerprint density at radius 3 is 2.45 bits per heavy atom. The number of amides is 2. The second-order valence-corrected chi connectivity index (χ2v) is 7.30. The lowest BCUT2D eigenvalue weighted by molar-refractivity contribution is 0.0360. The van der Waals surface area contributed by atoms with Gasteiger partial charge in [0.05, 0.1) is 31.6 Å². The van der Waals surface area contributed by atoms with Gasteiger partial charge in [0, 0.05) is 42.6 Å². The van der Waals surface area contributed by atoms with E-state index in [2.05, 4.69) is 20.6 Å². The number of carbonyl (C=O) groups excluding carboxylic acids is 2. The Kier molecular flexibility index (Phi) is 6.71. The summed E-state index contributed by atoms with van der Waals surface area (Å²) in [7, 11) is 0. The molecule has 0 unspecified atom stereocenters. The molecule has 0 bridgehead atoms. The van der Waals surface area contributed by atoms with Crippen molar-refractivity contribution in [3.05, 3.63) is 78.1 Å². The average molecular weight is 419 g/mol. The van der Waals surface area contributed by atoms with Crippen LogP contribution in [0.2, 0.25) is 0 Å². The van der Waals surface area contributed by atoms with Gasteiger partial charge in [-0.2, -0.15) is 5.10 Å². The van der Waals surface area contributed by atoms with E-state index in [0.717, 1.165) is 39.4 Å². The molecule has 8 nitrogen and oxygen atoms in total. The number of hydrogen-bond donors (Lipinski definition) is 2. The molecule has 2 aromatic carbocycles. The fraction of sp³-hybridized carbons (Fsp3) is 0.261. The molecule has 4 rings (SSSR count). The fourth-order valence-electron chi connectivity index (χ4n) is 3.41. The van der Waals surface area contributed by atoms with Gasteiger partial charge in [-0.3, -0.25) is 14.4 Å². The van der Waals surface area contributed by atoms with Crippen LogP contribution in [0.15, 0.2) is 67.0 Å². The van der Waals surface area contributed by atoms with E-state index < -0.39 is 6.03 Å². The predicted molar refractivity (Wildman–Crippen MR) is 118 cm³/mol. The third-order valence-electron chi connectivity index (χ3n) is 5.06. The molecule has 1 aromatic heterocycles. The maximum absolute atomic E-state index is 12.6. The maximum atomic E-state index is 12.6. The van der Waals surface area contributed by atoms with Gasteiger partial charge in [0.2, 0.25) is 0 Å². The van der Waals surface area contributed by atoms with Gasteiger partial charge >= 0.3 is 6.03 Å². The first-order valence-electron chi connectivity index (χ1n) is 10.3. The summed E-state index contributed by atoms with van der Waals surface area (Å²) in [6, 6.07) is 15.5. The molecule has 160 valence electrons. The Balaban J connectivity index is 1.31. The third kappa shape index (κ3) is 5.78. The van der Waals surface area contributed by atoms with Crippen LogP contribution in [0.5, 0.6) is 0 Å². The second kappa shape index (κ2) is 10.0. The highest BCUT2D eigenvalue weighted by Crippen LogP contribution is 2.15. The lowest BCUT2D eigenvalue weighted by atomic mass is 10.0. The highest BCUT2D eigenvalue weighted by atomic mass is 16.5. The van der Waals surface area contributed by atoms with E-state index in [1.807, 2.05) is 22.9 Å². The fourth-order valence-corrected chi connectivity index (χ4v) is 3.41. The number of urea groups is 1. The lowest BCUT2D eigenvalue weighted by Gasteiger charge is -2.26. The molecule has 2 heterocycles. The molecule has 8 heteroatoms. The van der Waals surface area contributed by atoms with Gasteiger partial charge in [-0.1, -0.05) is 42.5 Å². The monoisotopic (exact) mass is 419 g/mol. The smallest absolute Gasteiger partial charge is 0.323 e. The number of nitrogens with one attached hydrogen (secondary N) is 2. The van der Waals surface area contributed by atoms with Crippen molar-refractivity contribution in [1.29, 1.82) is 0 Å². The molecule has 1 fully saturated rings. The van der Waals surface area contributed by atoms with Crippen LogP contribution in [-0.4, -0.2) is 59.3 Å². The Morgan fingerprint density at radius 2 is 1.65 bits per heavy atom. The summed E-state index contributed by atoms with van der Waals surface area (Å²) in [6.07, 6.45) is 3.42. The number of carbonyl (C=O) groups is 2. The van der Waals surface area contributed by atoms with Crippen molar-refractivity contribution in [2.24, 2.45) is 0 Å². The molecule has 1 aliphatic rings. The van der Waals surface area contributed by atoms with Crippen LogP contribution in [0.25, 0.3) is 0 Å². The normalized spacial score (nSPS) is 14.2. The van der Waals surface area contributed by atoms with Gasteiger partial charge in [-0.15, -0.1) is 0 Å². The Hall–Kier alpha value is -3.49. The maximum Gasteiger partial charge on any atom is 0.323 e. The number of benzene rings is 2. The molecule has 3 aromatic rings. The van der Waals surface area contributed by atoms with Crippen molar-refractivity contribution in [3.8, 4) is 0 Å². The molecule has 31 heavy (non-hydrogen) atoms. The number of ether oxygens (including phenoxy) is 1. The molecule has 0 atom stereocenters. The minimum atomic E-state index is -0.392. The van der Waals surface area contributed by atoms with Gasteiger partial charge in [0.15, 0.2) is 5.78 Å². The largest absolute Gasteiger partial charge is 0.379 e. The van der Waals surface area contributed by atoms with Crippen molar-refractivity contribution >= 4 is 23.2 Å². The number of aromatic nitrogens is 2. The topological polar surface area (TPSA) is 88.5 Å². The van der Waals surface area contributed by atoms with E-state index in [4.69, 9.17) is 4.74 Å². The number of morpholine rings is 1. The van der Waals surface area contributed by atoms with E-state index in [-0.39, 0.29) is 5.78 Å². The van der Waals surface area contributed by atoms with E-state index in [9.17, 15) is 9.59 Å². The zero-order valence-electron chi connectivity index (χ0n) is 17.2. The van der Waals surface area contributed by atoms with Crippen LogP contribution in [0, 0.1) is 0 Å². The highest BCUT2D eigenvalue weighted by molar-refractivity contribution is 6.10. The molecule has 0 spiro atoms. The number of nitrogens with zero attached hydrogens (tertiary/aromatic N) is 3. The van der Waals surface area contributed by atoms with Crippen LogP contribution in [0.1, 0.15) is 15.9 Å². The zero-order chi connectivity index (χ0) is 21.5. The average Bonchev–Trinajstić information content (AvgIpc) is 3.25. The van der Waals surface area contributed by atoms with E-state index in [1.165, 1.54) is 0 Å². The molecular weight excluding hydrogens is 394 g/mol. The second-order valence-electron chi connectivity index (χ2n) is 7.30. The Bertz CT molecular complexity index is 1030. The minimum Gasteiger partial charge on any atom is -0.379 e. The Labute approximate surface area is 180 Å². The van der Waals surface area contributed by atoms with Gasteiger partial charge < -0.3 is 15.4 Å². The highest BCUT2D eigenvalue weighted by Gasteiger charge is 2.12. The summed E-state index contributed by atoms with van der Waals surface area (Å²) in [5, 5.41) is 9.85. The van der Waals surface area contributed by atoms with Gasteiger partial charge in [0.25, 0.3) is 0 Å². The van der Waals surface area contributed by atoms with Crippen molar-refractivity contribution < 1.29 is 14.3 Å². The molecule has 0 saturated carbocycles. The van der Waals surface area contributed by atoms with Crippen LogP contribution < -0.4 is 10.6 Å². The first-order chi connectivity index (χ1) is 15.2. The van der Waals surface area contributed by atoms with E-state index in [0.29, 0.717) is 22.5 Å². The van der Waals surface area contributed by atoms with Crippen LogP contribution in [0.4, 0.5) is 16.2 Å². The summed E-state index contributed by atoms with van der Waals surface area (Å²) in [5.74, 6) is -0.0915. The molecule has 0 aliphatic carbocycles. The van der Waals surface area contributed by atoms with Crippen molar-refractivity contribution in [3.63, 3.8) is 0 Å². The Morgan fingerprint density at radius 1 is 0.903 bits per heavy atom. The zero-order valence-corrected chi connectivity index (χ0v) is 17.2.